The van der Waals surface area contributed by atoms with E-state index < -0.39 is 5.82 Å². The predicted octanol–water partition coefficient (Wildman–Crippen LogP) is 2.17. The van der Waals surface area contributed by atoms with Gasteiger partial charge in [-0.15, -0.1) is 0 Å². The maximum atomic E-state index is 13.5. The van der Waals surface area contributed by atoms with Gasteiger partial charge in [-0.05, 0) is 42.8 Å². The van der Waals surface area contributed by atoms with E-state index in [1.165, 1.54) is 12.1 Å². The number of nitrogens with one attached hydrogen (secondary N) is 1. The second kappa shape index (κ2) is 6.81. The molecule has 0 aliphatic rings. The molecule has 110 valence electrons. The third kappa shape index (κ3) is 4.00. The normalized spacial score (nSPS) is 13.1. The summed E-state index contributed by atoms with van der Waals surface area (Å²) in [6.45, 7) is 2.42. The first-order valence-corrected chi connectivity index (χ1v) is 6.52. The fraction of sp³-hybridized carbons (Fsp3) is 0.200. The molecule has 0 aliphatic heterocycles. The Labute approximate surface area is 122 Å². The number of rotatable bonds is 5. The number of amidine groups is 1. The first-order chi connectivity index (χ1) is 10.1. The zero-order chi connectivity index (χ0) is 15.2. The van der Waals surface area contributed by atoms with Gasteiger partial charge in [-0.1, -0.05) is 11.2 Å². The summed E-state index contributed by atoms with van der Waals surface area (Å²) < 4.78 is 13.5. The largest absolute Gasteiger partial charge is 0.409 e. The van der Waals surface area contributed by atoms with E-state index in [4.69, 9.17) is 10.9 Å². The average Bonchev–Trinajstić information content (AvgIpc) is 2.52. The molecule has 1 atom stereocenters. The molecular weight excluding hydrogens is 271 g/mol. The van der Waals surface area contributed by atoms with Crippen molar-refractivity contribution in [1.29, 1.82) is 0 Å². The second-order valence-corrected chi connectivity index (χ2v) is 4.69. The Hall–Kier alpha value is -2.47. The van der Waals surface area contributed by atoms with Crippen LogP contribution in [0, 0.1) is 5.82 Å². The van der Waals surface area contributed by atoms with Crippen LogP contribution in [0.15, 0.2) is 47.8 Å². The lowest BCUT2D eigenvalue weighted by atomic mass is 10.1. The Morgan fingerprint density at radius 1 is 1.43 bits per heavy atom. The van der Waals surface area contributed by atoms with E-state index in [1.54, 1.807) is 12.3 Å². The van der Waals surface area contributed by atoms with E-state index in [0.717, 1.165) is 5.69 Å². The van der Waals surface area contributed by atoms with Crippen molar-refractivity contribution >= 4 is 5.84 Å². The minimum absolute atomic E-state index is 0.0294. The Bertz CT molecular complexity index is 631. The SMILES string of the molecule is C[C@@H](NCc1cc(F)cc(/C(N)=N/O)c1)c1ccccn1. The number of oxime groups is 1. The third-order valence-electron chi connectivity index (χ3n) is 3.10. The molecule has 0 fully saturated rings. The van der Waals surface area contributed by atoms with Gasteiger partial charge in [0.15, 0.2) is 5.84 Å². The van der Waals surface area contributed by atoms with Crippen LogP contribution in [-0.4, -0.2) is 16.0 Å². The molecule has 0 spiro atoms. The molecule has 4 N–H and O–H groups in total. The highest BCUT2D eigenvalue weighted by Crippen LogP contribution is 2.12. The molecule has 2 aromatic rings. The molecule has 0 unspecified atom stereocenters. The Kier molecular flexibility index (Phi) is 4.84. The highest BCUT2D eigenvalue weighted by molar-refractivity contribution is 5.97. The zero-order valence-corrected chi connectivity index (χ0v) is 11.6. The van der Waals surface area contributed by atoms with Crippen LogP contribution in [-0.2, 0) is 6.54 Å². The predicted molar refractivity (Wildman–Crippen MR) is 78.4 cm³/mol. The van der Waals surface area contributed by atoms with Crippen molar-refractivity contribution in [3.05, 3.63) is 65.2 Å². The summed E-state index contributed by atoms with van der Waals surface area (Å²) in [4.78, 5) is 4.26. The van der Waals surface area contributed by atoms with Gasteiger partial charge in [0.25, 0.3) is 0 Å². The van der Waals surface area contributed by atoms with Gasteiger partial charge in [0.05, 0.1) is 5.69 Å². The molecule has 0 saturated heterocycles. The van der Waals surface area contributed by atoms with Gasteiger partial charge in [-0.3, -0.25) is 4.98 Å². The maximum Gasteiger partial charge on any atom is 0.170 e. The van der Waals surface area contributed by atoms with Gasteiger partial charge < -0.3 is 16.3 Å². The molecular formula is C15H17FN4O. The molecule has 0 aliphatic carbocycles. The highest BCUT2D eigenvalue weighted by Gasteiger charge is 2.08. The van der Waals surface area contributed by atoms with Crippen molar-refractivity contribution in [2.24, 2.45) is 10.9 Å². The number of aromatic nitrogens is 1. The molecule has 0 amide bonds. The van der Waals surface area contributed by atoms with Crippen molar-refractivity contribution in [2.75, 3.05) is 0 Å². The summed E-state index contributed by atoms with van der Waals surface area (Å²) in [5.74, 6) is -0.546. The van der Waals surface area contributed by atoms with Gasteiger partial charge in [0.1, 0.15) is 5.82 Å². The number of benzene rings is 1. The van der Waals surface area contributed by atoms with Crippen molar-refractivity contribution in [3.8, 4) is 0 Å². The molecule has 5 nitrogen and oxygen atoms in total. The molecule has 1 heterocycles. The molecule has 0 bridgehead atoms. The quantitative estimate of drug-likeness (QED) is 0.341. The number of hydrogen-bond donors (Lipinski definition) is 3. The molecule has 2 rings (SSSR count). The minimum Gasteiger partial charge on any atom is -0.409 e. The number of halogens is 1. The first kappa shape index (κ1) is 14.9. The van der Waals surface area contributed by atoms with Crippen LogP contribution in [0.2, 0.25) is 0 Å². The molecule has 0 radical (unpaired) electrons. The monoisotopic (exact) mass is 288 g/mol. The number of nitrogens with zero attached hydrogens (tertiary/aromatic N) is 2. The van der Waals surface area contributed by atoms with Crippen LogP contribution in [0.25, 0.3) is 0 Å². The van der Waals surface area contributed by atoms with E-state index in [-0.39, 0.29) is 11.9 Å². The van der Waals surface area contributed by atoms with Gasteiger partial charge in [-0.2, -0.15) is 0 Å². The van der Waals surface area contributed by atoms with E-state index in [2.05, 4.69) is 15.5 Å². The fourth-order valence-corrected chi connectivity index (χ4v) is 1.97. The molecule has 6 heteroatoms. The summed E-state index contributed by atoms with van der Waals surface area (Å²) in [7, 11) is 0. The molecule has 1 aromatic heterocycles. The fourth-order valence-electron chi connectivity index (χ4n) is 1.97. The topological polar surface area (TPSA) is 83.5 Å². The van der Waals surface area contributed by atoms with Gasteiger partial charge in [0, 0.05) is 24.3 Å². The smallest absolute Gasteiger partial charge is 0.170 e. The van der Waals surface area contributed by atoms with Crippen molar-refractivity contribution < 1.29 is 9.60 Å². The van der Waals surface area contributed by atoms with Gasteiger partial charge in [-0.25, -0.2) is 4.39 Å². The highest BCUT2D eigenvalue weighted by atomic mass is 19.1. The maximum absolute atomic E-state index is 13.5. The minimum atomic E-state index is -0.429. The standard InChI is InChI=1S/C15H17FN4O/c1-10(14-4-2-3-5-18-14)19-9-11-6-12(15(17)20-21)8-13(16)7-11/h2-8,10,19,21H,9H2,1H3,(H2,17,20)/t10-/m1/s1. The summed E-state index contributed by atoms with van der Waals surface area (Å²) in [5.41, 5.74) is 7.44. The van der Waals surface area contributed by atoms with E-state index in [9.17, 15) is 4.39 Å². The van der Waals surface area contributed by atoms with E-state index >= 15 is 0 Å². The summed E-state index contributed by atoms with van der Waals surface area (Å²) in [5, 5.41) is 14.8. The van der Waals surface area contributed by atoms with Crippen LogP contribution in [0.4, 0.5) is 4.39 Å². The Balaban J connectivity index is 2.08. The zero-order valence-electron chi connectivity index (χ0n) is 11.6. The molecule has 21 heavy (non-hydrogen) atoms. The van der Waals surface area contributed by atoms with Crippen LogP contribution >= 0.6 is 0 Å². The van der Waals surface area contributed by atoms with Gasteiger partial charge >= 0.3 is 0 Å². The third-order valence-corrected chi connectivity index (χ3v) is 3.10. The lowest BCUT2D eigenvalue weighted by molar-refractivity contribution is 0.318. The number of pyridine rings is 1. The first-order valence-electron chi connectivity index (χ1n) is 6.52. The summed E-state index contributed by atoms with van der Waals surface area (Å²) >= 11 is 0. The Morgan fingerprint density at radius 2 is 2.24 bits per heavy atom. The van der Waals surface area contributed by atoms with Crippen LogP contribution < -0.4 is 11.1 Å². The average molecular weight is 288 g/mol. The van der Waals surface area contributed by atoms with Crippen LogP contribution in [0.5, 0.6) is 0 Å². The van der Waals surface area contributed by atoms with Gasteiger partial charge in [0.2, 0.25) is 0 Å². The molecule has 0 saturated carbocycles. The molecule has 1 aromatic carbocycles. The number of hydrogen-bond acceptors (Lipinski definition) is 4. The van der Waals surface area contributed by atoms with Crippen molar-refractivity contribution in [2.45, 2.75) is 19.5 Å². The van der Waals surface area contributed by atoms with E-state index in [1.807, 2.05) is 25.1 Å². The van der Waals surface area contributed by atoms with Crippen LogP contribution in [0.3, 0.4) is 0 Å². The summed E-state index contributed by atoms with van der Waals surface area (Å²) in [6.07, 6.45) is 1.73. The van der Waals surface area contributed by atoms with Crippen LogP contribution in [0.1, 0.15) is 29.8 Å². The Morgan fingerprint density at radius 3 is 2.90 bits per heavy atom. The lowest BCUT2D eigenvalue weighted by Gasteiger charge is -2.13. The second-order valence-electron chi connectivity index (χ2n) is 4.69. The number of nitrogens with two attached hydrogens (primary N) is 1. The lowest BCUT2D eigenvalue weighted by Crippen LogP contribution is -2.20. The van der Waals surface area contributed by atoms with Crippen molar-refractivity contribution in [3.63, 3.8) is 0 Å². The van der Waals surface area contributed by atoms with E-state index in [0.29, 0.717) is 17.7 Å². The summed E-state index contributed by atoms with van der Waals surface area (Å²) in [6, 6.07) is 10.0. The van der Waals surface area contributed by atoms with Crippen molar-refractivity contribution in [1.82, 2.24) is 10.3 Å².